The summed E-state index contributed by atoms with van der Waals surface area (Å²) in [6, 6.07) is 15.4. The Kier molecular flexibility index (Phi) is 3.52. The van der Waals surface area contributed by atoms with Gasteiger partial charge in [-0.25, -0.2) is 4.79 Å². The number of fused-ring (bicyclic) bond motifs is 3. The van der Waals surface area contributed by atoms with Gasteiger partial charge in [0.2, 0.25) is 5.78 Å². The molecule has 1 fully saturated rings. The van der Waals surface area contributed by atoms with Crippen LogP contribution in [0.15, 0.2) is 59.0 Å². The van der Waals surface area contributed by atoms with Gasteiger partial charge in [-0.3, -0.25) is 14.5 Å². The van der Waals surface area contributed by atoms with Crippen LogP contribution >= 0.6 is 0 Å². The lowest BCUT2D eigenvalue weighted by atomic mass is 9.84. The molecule has 2 aliphatic heterocycles. The van der Waals surface area contributed by atoms with E-state index in [0.717, 1.165) is 10.3 Å². The van der Waals surface area contributed by atoms with E-state index in [1.807, 2.05) is 24.3 Å². The van der Waals surface area contributed by atoms with Crippen molar-refractivity contribution in [2.75, 3.05) is 13.2 Å². The van der Waals surface area contributed by atoms with Crippen molar-refractivity contribution in [1.82, 2.24) is 10.2 Å². The van der Waals surface area contributed by atoms with Crippen LogP contribution in [0.25, 0.3) is 11.0 Å². The maximum atomic E-state index is 13.2. The molecule has 1 aromatic heterocycles. The minimum atomic E-state index is -1.19. The first-order valence-corrected chi connectivity index (χ1v) is 8.97. The smallest absolute Gasteiger partial charge is 0.325 e. The van der Waals surface area contributed by atoms with E-state index >= 15 is 0 Å². The Morgan fingerprint density at radius 1 is 1.11 bits per heavy atom. The fourth-order valence-corrected chi connectivity index (χ4v) is 3.86. The molecule has 2 aromatic carbocycles. The Balaban J connectivity index is 1.45. The normalized spacial score (nSPS) is 20.9. The number of amides is 3. The van der Waals surface area contributed by atoms with Crippen LogP contribution in [0, 0.1) is 0 Å². The van der Waals surface area contributed by atoms with Gasteiger partial charge >= 0.3 is 6.03 Å². The van der Waals surface area contributed by atoms with Crippen molar-refractivity contribution in [3.63, 3.8) is 0 Å². The van der Waals surface area contributed by atoms with Crippen molar-refractivity contribution in [3.05, 3.63) is 65.9 Å². The average Bonchev–Trinajstić information content (AvgIpc) is 3.24. The van der Waals surface area contributed by atoms with Gasteiger partial charge in [0.05, 0.1) is 13.2 Å². The van der Waals surface area contributed by atoms with E-state index in [2.05, 4.69) is 5.32 Å². The zero-order valence-corrected chi connectivity index (χ0v) is 14.8. The number of hydrogen-bond donors (Lipinski definition) is 1. The van der Waals surface area contributed by atoms with Crippen LogP contribution in [0.3, 0.4) is 0 Å². The first-order chi connectivity index (χ1) is 13.6. The van der Waals surface area contributed by atoms with E-state index in [0.29, 0.717) is 29.9 Å². The van der Waals surface area contributed by atoms with Gasteiger partial charge < -0.3 is 14.5 Å². The maximum Gasteiger partial charge on any atom is 0.325 e. The highest BCUT2D eigenvalue weighted by Gasteiger charge is 2.55. The first kappa shape index (κ1) is 16.6. The third kappa shape index (κ3) is 2.32. The molecule has 1 atom stereocenters. The fourth-order valence-electron chi connectivity index (χ4n) is 3.86. The Bertz CT molecular complexity index is 1100. The number of carbonyl (C=O) groups excluding carboxylic acids is 3. The second-order valence-corrected chi connectivity index (χ2v) is 6.89. The zero-order valence-electron chi connectivity index (χ0n) is 14.8. The molecule has 3 aromatic rings. The van der Waals surface area contributed by atoms with Crippen LogP contribution in [0.2, 0.25) is 0 Å². The average molecular weight is 376 g/mol. The molecule has 2 aliphatic rings. The number of ketones is 1. The Labute approximate surface area is 159 Å². The molecule has 1 unspecified atom stereocenters. The van der Waals surface area contributed by atoms with Gasteiger partial charge in [-0.15, -0.1) is 0 Å². The van der Waals surface area contributed by atoms with Crippen LogP contribution in [0.5, 0.6) is 5.75 Å². The predicted octanol–water partition coefficient (Wildman–Crippen LogP) is 2.85. The van der Waals surface area contributed by atoms with Crippen molar-refractivity contribution in [2.24, 2.45) is 0 Å². The third-order valence-electron chi connectivity index (χ3n) is 5.26. The van der Waals surface area contributed by atoms with Crippen LogP contribution in [0.1, 0.15) is 22.5 Å². The third-order valence-corrected chi connectivity index (χ3v) is 5.26. The molecular weight excluding hydrogens is 360 g/mol. The topological polar surface area (TPSA) is 88.9 Å². The summed E-state index contributed by atoms with van der Waals surface area (Å²) in [4.78, 5) is 39.4. The molecule has 0 saturated carbocycles. The van der Waals surface area contributed by atoms with Gasteiger partial charge in [0, 0.05) is 17.4 Å². The fraction of sp³-hybridized carbons (Fsp3) is 0.190. The molecular formula is C21H16N2O5. The van der Waals surface area contributed by atoms with E-state index in [1.54, 1.807) is 30.3 Å². The largest absolute Gasteiger partial charge is 0.493 e. The standard InChI is InChI=1S/C21H16N2O5/c24-15(18-11-13-5-1-3-7-16(13)28-18)12-23-19(25)21(22-20(23)26)9-10-27-17-8-4-2-6-14(17)21/h1-8,11H,9-10,12H2,(H,22,26). The molecule has 1 saturated heterocycles. The number of rotatable bonds is 3. The van der Waals surface area contributed by atoms with Crippen molar-refractivity contribution < 1.29 is 23.5 Å². The van der Waals surface area contributed by atoms with E-state index in [4.69, 9.17) is 9.15 Å². The number of nitrogens with one attached hydrogen (secondary N) is 1. The van der Waals surface area contributed by atoms with Crippen LogP contribution in [0.4, 0.5) is 4.79 Å². The lowest BCUT2D eigenvalue weighted by Gasteiger charge is -2.33. The highest BCUT2D eigenvalue weighted by molar-refractivity contribution is 6.11. The second-order valence-electron chi connectivity index (χ2n) is 6.89. The zero-order chi connectivity index (χ0) is 19.3. The molecule has 7 heteroatoms. The first-order valence-electron chi connectivity index (χ1n) is 8.97. The Morgan fingerprint density at radius 2 is 1.89 bits per heavy atom. The molecule has 7 nitrogen and oxygen atoms in total. The van der Waals surface area contributed by atoms with E-state index in [1.165, 1.54) is 0 Å². The monoisotopic (exact) mass is 376 g/mol. The van der Waals surface area contributed by atoms with Crippen molar-refractivity contribution in [1.29, 1.82) is 0 Å². The van der Waals surface area contributed by atoms with E-state index in [-0.39, 0.29) is 12.3 Å². The number of imide groups is 1. The molecule has 3 amide bonds. The molecule has 3 heterocycles. The number of Topliss-reactive ketones (excluding diaryl/α,β-unsaturated/α-hetero) is 1. The number of carbonyl (C=O) groups is 3. The number of para-hydroxylation sites is 2. The maximum absolute atomic E-state index is 13.2. The van der Waals surface area contributed by atoms with E-state index in [9.17, 15) is 14.4 Å². The highest BCUT2D eigenvalue weighted by Crippen LogP contribution is 2.41. The second kappa shape index (κ2) is 5.95. The van der Waals surface area contributed by atoms with Crippen LogP contribution < -0.4 is 10.1 Å². The summed E-state index contributed by atoms with van der Waals surface area (Å²) in [5.41, 5.74) is -0.00347. The highest BCUT2D eigenvalue weighted by atomic mass is 16.5. The number of nitrogens with zero attached hydrogens (tertiary/aromatic N) is 1. The van der Waals surface area contributed by atoms with Crippen molar-refractivity contribution in [3.8, 4) is 5.75 Å². The van der Waals surface area contributed by atoms with Crippen LogP contribution in [-0.4, -0.2) is 35.8 Å². The lowest BCUT2D eigenvalue weighted by Crippen LogP contribution is -2.47. The summed E-state index contributed by atoms with van der Waals surface area (Å²) < 4.78 is 11.2. The quantitative estimate of drug-likeness (QED) is 0.561. The van der Waals surface area contributed by atoms with Crippen molar-refractivity contribution in [2.45, 2.75) is 12.0 Å². The summed E-state index contributed by atoms with van der Waals surface area (Å²) in [6.45, 7) is -0.0797. The summed E-state index contributed by atoms with van der Waals surface area (Å²) >= 11 is 0. The van der Waals surface area contributed by atoms with Gasteiger partial charge in [-0.2, -0.15) is 0 Å². The van der Waals surface area contributed by atoms with Gasteiger partial charge in [0.25, 0.3) is 5.91 Å². The molecule has 5 rings (SSSR count). The predicted molar refractivity (Wildman–Crippen MR) is 99.0 cm³/mol. The van der Waals surface area contributed by atoms with Gasteiger partial charge in [0.15, 0.2) is 11.3 Å². The molecule has 1 N–H and O–H groups in total. The van der Waals surface area contributed by atoms with Gasteiger partial charge in [-0.05, 0) is 18.2 Å². The van der Waals surface area contributed by atoms with Gasteiger partial charge in [-0.1, -0.05) is 36.4 Å². The molecule has 1 spiro atoms. The minimum Gasteiger partial charge on any atom is -0.493 e. The van der Waals surface area contributed by atoms with Crippen molar-refractivity contribution >= 4 is 28.7 Å². The lowest BCUT2D eigenvalue weighted by molar-refractivity contribution is -0.132. The SMILES string of the molecule is O=C(CN1C(=O)NC2(CCOc3ccccc32)C1=O)c1cc2ccccc2o1. The number of benzene rings is 2. The Hall–Kier alpha value is -3.61. The molecule has 0 bridgehead atoms. The van der Waals surface area contributed by atoms with Crippen LogP contribution in [-0.2, 0) is 10.3 Å². The number of furan rings is 1. The number of hydrogen-bond acceptors (Lipinski definition) is 5. The molecule has 140 valence electrons. The number of urea groups is 1. The van der Waals surface area contributed by atoms with E-state index < -0.39 is 23.3 Å². The summed E-state index contributed by atoms with van der Waals surface area (Å²) in [6.07, 6.45) is 0.309. The molecule has 0 aliphatic carbocycles. The molecule has 0 radical (unpaired) electrons. The summed E-state index contributed by atoms with van der Waals surface area (Å²) in [5.74, 6) is -0.196. The van der Waals surface area contributed by atoms with Gasteiger partial charge in [0.1, 0.15) is 11.3 Å². The number of ether oxygens (including phenoxy) is 1. The Morgan fingerprint density at radius 3 is 2.75 bits per heavy atom. The molecule has 28 heavy (non-hydrogen) atoms. The minimum absolute atomic E-state index is 0.120. The summed E-state index contributed by atoms with van der Waals surface area (Å²) in [7, 11) is 0. The summed E-state index contributed by atoms with van der Waals surface area (Å²) in [5, 5.41) is 3.57.